The van der Waals surface area contributed by atoms with Crippen LogP contribution >= 0.6 is 11.6 Å². The molecule has 0 bridgehead atoms. The lowest BCUT2D eigenvalue weighted by Crippen LogP contribution is -2.18. The molecule has 0 unspecified atom stereocenters. The molecule has 36 heavy (non-hydrogen) atoms. The zero-order chi connectivity index (χ0) is 26.2. The molecule has 0 spiro atoms. The molecular weight excluding hydrogens is 488 g/mol. The van der Waals surface area contributed by atoms with Crippen LogP contribution in [0.25, 0.3) is 21.8 Å². The monoisotopic (exact) mass is 512 g/mol. The number of methoxy groups -OCH3 is 2. The minimum Gasteiger partial charge on any atom is -0.497 e. The molecule has 4 aromatic rings. The number of rotatable bonds is 6. The number of nitrogens with zero attached hydrogens (tertiary/aromatic N) is 1. The van der Waals surface area contributed by atoms with Gasteiger partial charge in [-0.1, -0.05) is 11.6 Å². The number of benzene rings is 2. The third-order valence-corrected chi connectivity index (χ3v) is 5.50. The van der Waals surface area contributed by atoms with E-state index >= 15 is 0 Å². The van der Waals surface area contributed by atoms with Crippen LogP contribution in [0, 0.1) is 0 Å². The Morgan fingerprint density at radius 3 is 2.08 bits per heavy atom. The predicted octanol–water partition coefficient (Wildman–Crippen LogP) is 4.79. The Morgan fingerprint density at radius 2 is 1.47 bits per heavy atom. The number of carbonyl (C=O) groups is 2. The van der Waals surface area contributed by atoms with Crippen LogP contribution in [-0.4, -0.2) is 49.3 Å². The summed E-state index contributed by atoms with van der Waals surface area (Å²) in [6, 6.07) is 10.4. The fourth-order valence-electron chi connectivity index (χ4n) is 3.30. The summed E-state index contributed by atoms with van der Waals surface area (Å²) >= 11 is 6.20. The molecule has 0 atom stereocenters. The quantitative estimate of drug-likeness (QED) is 0.366. The molecule has 2 heterocycles. The van der Waals surface area contributed by atoms with Crippen molar-refractivity contribution < 1.29 is 28.5 Å². The van der Waals surface area contributed by atoms with Gasteiger partial charge in [0.1, 0.15) is 17.1 Å². The Hall–Kier alpha value is -4.11. The summed E-state index contributed by atoms with van der Waals surface area (Å²) in [4.78, 5) is 42.5. The van der Waals surface area contributed by atoms with Gasteiger partial charge < -0.3 is 23.9 Å². The maximum absolute atomic E-state index is 12.1. The Bertz CT molecular complexity index is 1470. The molecule has 10 heteroatoms. The van der Waals surface area contributed by atoms with Crippen LogP contribution in [-0.2, 0) is 9.47 Å². The van der Waals surface area contributed by atoms with Crippen molar-refractivity contribution in [2.75, 3.05) is 27.4 Å². The number of H-pyrrole nitrogens is 1. The number of carbonyl (C=O) groups excluding carboxylic acids is 2. The highest BCUT2D eigenvalue weighted by Crippen LogP contribution is 2.29. The molecular formula is C26H25ClN2O7. The summed E-state index contributed by atoms with van der Waals surface area (Å²) in [5.41, 5.74) is 1.25. The maximum Gasteiger partial charge on any atom is 0.343 e. The van der Waals surface area contributed by atoms with E-state index in [1.807, 2.05) is 0 Å². The van der Waals surface area contributed by atoms with Crippen molar-refractivity contribution in [2.24, 2.45) is 0 Å². The van der Waals surface area contributed by atoms with E-state index in [2.05, 4.69) is 9.97 Å². The standard InChI is InChI=1S/C13H12ClNO3.C13H13NO4/c1-3-18-13(16)10-7-15-11-5-4-8(17-2)6-9(11)12(10)14;1-3-18-13(16)10-7-14-11-5-4-8(17-2)6-9(11)12(10)15/h4-7H,3H2,1-2H3;4-7H,3H2,1-2H3,(H,14,15). The number of nitrogens with one attached hydrogen (secondary N) is 1. The van der Waals surface area contributed by atoms with Crippen molar-refractivity contribution in [2.45, 2.75) is 13.8 Å². The predicted molar refractivity (Wildman–Crippen MR) is 136 cm³/mol. The average molecular weight is 513 g/mol. The largest absolute Gasteiger partial charge is 0.497 e. The number of esters is 2. The van der Waals surface area contributed by atoms with Crippen molar-refractivity contribution in [3.05, 3.63) is 75.2 Å². The Balaban J connectivity index is 0.000000201. The second-order valence-electron chi connectivity index (χ2n) is 7.25. The van der Waals surface area contributed by atoms with Crippen molar-refractivity contribution in [3.8, 4) is 11.5 Å². The van der Waals surface area contributed by atoms with Crippen LogP contribution in [0.5, 0.6) is 11.5 Å². The smallest absolute Gasteiger partial charge is 0.343 e. The summed E-state index contributed by atoms with van der Waals surface area (Å²) in [6.07, 6.45) is 2.80. The number of aromatic nitrogens is 2. The van der Waals surface area contributed by atoms with E-state index in [0.29, 0.717) is 44.9 Å². The van der Waals surface area contributed by atoms with Gasteiger partial charge in [-0.2, -0.15) is 0 Å². The molecule has 188 valence electrons. The SMILES string of the molecule is CCOC(=O)c1c[nH]c2ccc(OC)cc2c1=O.CCOC(=O)c1cnc2ccc(OC)cc2c1Cl. The van der Waals surface area contributed by atoms with Gasteiger partial charge in [-0.15, -0.1) is 0 Å². The van der Waals surface area contributed by atoms with E-state index in [0.717, 1.165) is 0 Å². The number of hydrogen-bond acceptors (Lipinski definition) is 8. The first kappa shape index (κ1) is 26.5. The molecule has 4 rings (SSSR count). The first-order valence-corrected chi connectivity index (χ1v) is 11.4. The summed E-state index contributed by atoms with van der Waals surface area (Å²) in [6.45, 7) is 3.96. The van der Waals surface area contributed by atoms with Crippen LogP contribution in [0.15, 0.2) is 53.6 Å². The van der Waals surface area contributed by atoms with Gasteiger partial charge in [-0.05, 0) is 50.2 Å². The molecule has 2 aromatic carbocycles. The molecule has 2 aromatic heterocycles. The van der Waals surface area contributed by atoms with Gasteiger partial charge in [0, 0.05) is 23.3 Å². The fraction of sp³-hybridized carbons (Fsp3) is 0.231. The number of fused-ring (bicyclic) bond motifs is 2. The molecule has 0 saturated carbocycles. The number of halogens is 1. The minimum absolute atomic E-state index is 0.00222. The van der Waals surface area contributed by atoms with Gasteiger partial charge in [0.2, 0.25) is 5.43 Å². The van der Waals surface area contributed by atoms with E-state index in [4.69, 9.17) is 30.5 Å². The second kappa shape index (κ2) is 12.0. The molecule has 0 radical (unpaired) electrons. The highest BCUT2D eigenvalue weighted by molar-refractivity contribution is 6.38. The molecule has 0 aliphatic carbocycles. The summed E-state index contributed by atoms with van der Waals surface area (Å²) in [7, 11) is 3.09. The molecule has 9 nitrogen and oxygen atoms in total. The molecule has 0 aliphatic heterocycles. The van der Waals surface area contributed by atoms with Gasteiger partial charge in [0.15, 0.2) is 0 Å². The van der Waals surface area contributed by atoms with Gasteiger partial charge in [0.05, 0.1) is 48.9 Å². The summed E-state index contributed by atoms with van der Waals surface area (Å²) in [5.74, 6) is 0.129. The first-order valence-electron chi connectivity index (χ1n) is 11.0. The van der Waals surface area contributed by atoms with Crippen LogP contribution in [0.2, 0.25) is 5.02 Å². The van der Waals surface area contributed by atoms with E-state index in [-0.39, 0.29) is 23.2 Å². The molecule has 0 fully saturated rings. The Morgan fingerprint density at radius 1 is 0.889 bits per heavy atom. The Kier molecular flexibility index (Phi) is 8.86. The third-order valence-electron chi connectivity index (χ3n) is 5.09. The topological polar surface area (TPSA) is 117 Å². The normalized spacial score (nSPS) is 10.4. The highest BCUT2D eigenvalue weighted by Gasteiger charge is 2.16. The van der Waals surface area contributed by atoms with Crippen molar-refractivity contribution >= 4 is 45.3 Å². The summed E-state index contributed by atoms with van der Waals surface area (Å²) in [5, 5.41) is 1.40. The summed E-state index contributed by atoms with van der Waals surface area (Å²) < 4.78 is 19.9. The molecule has 0 saturated heterocycles. The zero-order valence-electron chi connectivity index (χ0n) is 20.2. The molecule has 0 aliphatic rings. The van der Waals surface area contributed by atoms with E-state index in [1.54, 1.807) is 57.4 Å². The van der Waals surface area contributed by atoms with Crippen molar-refractivity contribution in [1.82, 2.24) is 9.97 Å². The van der Waals surface area contributed by atoms with Crippen molar-refractivity contribution in [3.63, 3.8) is 0 Å². The van der Waals surface area contributed by atoms with E-state index in [9.17, 15) is 14.4 Å². The van der Waals surface area contributed by atoms with Crippen LogP contribution in [0.3, 0.4) is 0 Å². The lowest BCUT2D eigenvalue weighted by molar-refractivity contribution is 0.0516. The highest BCUT2D eigenvalue weighted by atomic mass is 35.5. The van der Waals surface area contributed by atoms with Crippen molar-refractivity contribution in [1.29, 1.82) is 0 Å². The Labute approximate surface area is 211 Å². The first-order chi connectivity index (χ1) is 17.3. The van der Waals surface area contributed by atoms with Crippen LogP contribution < -0.4 is 14.9 Å². The number of hydrogen-bond donors (Lipinski definition) is 1. The van der Waals surface area contributed by atoms with Crippen LogP contribution in [0.4, 0.5) is 0 Å². The van der Waals surface area contributed by atoms with Gasteiger partial charge in [-0.25, -0.2) is 9.59 Å². The van der Waals surface area contributed by atoms with E-state index < -0.39 is 11.9 Å². The van der Waals surface area contributed by atoms with Gasteiger partial charge in [-0.3, -0.25) is 9.78 Å². The molecule has 0 amide bonds. The number of pyridine rings is 2. The number of aromatic amines is 1. The van der Waals surface area contributed by atoms with Gasteiger partial charge >= 0.3 is 11.9 Å². The average Bonchev–Trinajstić information content (AvgIpc) is 2.89. The minimum atomic E-state index is -0.622. The lowest BCUT2D eigenvalue weighted by atomic mass is 10.1. The lowest BCUT2D eigenvalue weighted by Gasteiger charge is -2.07. The number of ether oxygens (including phenoxy) is 4. The van der Waals surface area contributed by atoms with Crippen LogP contribution in [0.1, 0.15) is 34.6 Å². The zero-order valence-corrected chi connectivity index (χ0v) is 21.0. The second-order valence-corrected chi connectivity index (χ2v) is 7.63. The fourth-order valence-corrected chi connectivity index (χ4v) is 3.58. The van der Waals surface area contributed by atoms with Gasteiger partial charge in [0.25, 0.3) is 0 Å². The third kappa shape index (κ3) is 5.75. The maximum atomic E-state index is 12.1. The van der Waals surface area contributed by atoms with E-state index in [1.165, 1.54) is 19.5 Å². The molecule has 1 N–H and O–H groups in total.